The highest BCUT2D eigenvalue weighted by atomic mass is 35.5. The predicted octanol–water partition coefficient (Wildman–Crippen LogP) is 4.58. The van der Waals surface area contributed by atoms with Gasteiger partial charge in [0.25, 0.3) is 0 Å². The molecule has 0 unspecified atom stereocenters. The average Bonchev–Trinajstić information content (AvgIpc) is 2.66. The number of rotatable bonds is 3. The fourth-order valence-electron chi connectivity index (χ4n) is 1.64. The Morgan fingerprint density at radius 1 is 1.30 bits per heavy atom. The highest BCUT2D eigenvalue weighted by Crippen LogP contribution is 2.36. The van der Waals surface area contributed by atoms with Crippen molar-refractivity contribution in [1.82, 2.24) is 4.98 Å². The molecule has 1 aromatic heterocycles. The first-order valence-corrected chi connectivity index (χ1v) is 6.18. The van der Waals surface area contributed by atoms with Crippen molar-refractivity contribution < 1.29 is 17.6 Å². The lowest BCUT2D eigenvalue weighted by Gasteiger charge is -2.11. The zero-order chi connectivity index (χ0) is 14.9. The molecule has 0 fully saturated rings. The smallest absolute Gasteiger partial charge is 0.417 e. The first-order chi connectivity index (χ1) is 9.27. The molecular weight excluding hydrogens is 293 g/mol. The molecule has 0 radical (unpaired) electrons. The van der Waals surface area contributed by atoms with Gasteiger partial charge in [0.1, 0.15) is 5.76 Å². The van der Waals surface area contributed by atoms with Gasteiger partial charge in [-0.15, -0.1) is 0 Å². The molecule has 0 spiro atoms. The second-order valence-electron chi connectivity index (χ2n) is 4.30. The number of alkyl halides is 3. The van der Waals surface area contributed by atoms with E-state index in [1.165, 1.54) is 12.1 Å². The van der Waals surface area contributed by atoms with Crippen LogP contribution in [0.15, 0.2) is 22.6 Å². The van der Waals surface area contributed by atoms with Crippen LogP contribution in [0.3, 0.4) is 0 Å². The summed E-state index contributed by atoms with van der Waals surface area (Å²) in [7, 11) is 0. The molecule has 2 rings (SSSR count). The van der Waals surface area contributed by atoms with Gasteiger partial charge in [0, 0.05) is 5.69 Å². The summed E-state index contributed by atoms with van der Waals surface area (Å²) in [5.74, 6) is 1.11. The summed E-state index contributed by atoms with van der Waals surface area (Å²) in [6.07, 6.45) is -4.48. The molecule has 20 heavy (non-hydrogen) atoms. The van der Waals surface area contributed by atoms with Crippen LogP contribution in [0.1, 0.15) is 22.9 Å². The summed E-state index contributed by atoms with van der Waals surface area (Å²) in [5.41, 5.74) is 0.188. The van der Waals surface area contributed by atoms with E-state index in [1.807, 2.05) is 0 Å². The molecule has 1 heterocycles. The first-order valence-electron chi connectivity index (χ1n) is 5.81. The summed E-state index contributed by atoms with van der Waals surface area (Å²) in [6.45, 7) is 3.77. The monoisotopic (exact) mass is 304 g/mol. The molecular formula is C13H12ClF3N2O. The van der Waals surface area contributed by atoms with Gasteiger partial charge >= 0.3 is 6.18 Å². The first kappa shape index (κ1) is 14.7. The number of halogens is 4. The quantitative estimate of drug-likeness (QED) is 0.902. The van der Waals surface area contributed by atoms with Gasteiger partial charge in [-0.3, -0.25) is 0 Å². The van der Waals surface area contributed by atoms with E-state index in [9.17, 15) is 13.2 Å². The molecule has 0 aliphatic carbocycles. The SMILES string of the molecule is Cc1nc(CNc2ccc(Cl)c(C(F)(F)F)c2)oc1C. The second-order valence-corrected chi connectivity index (χ2v) is 4.70. The lowest BCUT2D eigenvalue weighted by Crippen LogP contribution is -2.07. The summed E-state index contributed by atoms with van der Waals surface area (Å²) in [4.78, 5) is 4.14. The van der Waals surface area contributed by atoms with Crippen LogP contribution in [0.4, 0.5) is 18.9 Å². The minimum absolute atomic E-state index is 0.202. The van der Waals surface area contributed by atoms with E-state index in [0.717, 1.165) is 11.8 Å². The number of hydrogen-bond donors (Lipinski definition) is 1. The summed E-state index contributed by atoms with van der Waals surface area (Å²) in [5, 5.41) is 2.50. The van der Waals surface area contributed by atoms with Gasteiger partial charge in [-0.2, -0.15) is 13.2 Å². The van der Waals surface area contributed by atoms with Gasteiger partial charge in [0.15, 0.2) is 0 Å². The lowest BCUT2D eigenvalue weighted by molar-refractivity contribution is -0.137. The fourth-order valence-corrected chi connectivity index (χ4v) is 1.87. The molecule has 0 saturated carbocycles. The third-order valence-electron chi connectivity index (χ3n) is 2.79. The number of nitrogens with one attached hydrogen (secondary N) is 1. The summed E-state index contributed by atoms with van der Waals surface area (Å²) < 4.78 is 43.5. The third kappa shape index (κ3) is 3.25. The van der Waals surface area contributed by atoms with Crippen LogP contribution in [0.2, 0.25) is 5.02 Å². The fraction of sp³-hybridized carbons (Fsp3) is 0.308. The van der Waals surface area contributed by atoms with Gasteiger partial charge in [0.05, 0.1) is 22.8 Å². The molecule has 1 aromatic carbocycles. The molecule has 2 aromatic rings. The van der Waals surface area contributed by atoms with Crippen LogP contribution in [0.5, 0.6) is 0 Å². The number of oxazole rings is 1. The minimum Gasteiger partial charge on any atom is -0.444 e. The van der Waals surface area contributed by atoms with Crippen molar-refractivity contribution in [3.05, 3.63) is 46.1 Å². The Morgan fingerprint density at radius 2 is 2.00 bits per heavy atom. The number of hydrogen-bond acceptors (Lipinski definition) is 3. The molecule has 3 nitrogen and oxygen atoms in total. The molecule has 1 N–H and O–H groups in total. The van der Waals surface area contributed by atoms with Crippen LogP contribution in [-0.4, -0.2) is 4.98 Å². The van der Waals surface area contributed by atoms with Gasteiger partial charge in [0.2, 0.25) is 5.89 Å². The summed E-state index contributed by atoms with van der Waals surface area (Å²) >= 11 is 5.54. The zero-order valence-corrected chi connectivity index (χ0v) is 11.6. The van der Waals surface area contributed by atoms with Crippen molar-refractivity contribution >= 4 is 17.3 Å². The Morgan fingerprint density at radius 3 is 2.55 bits per heavy atom. The largest absolute Gasteiger partial charge is 0.444 e. The van der Waals surface area contributed by atoms with Crippen molar-refractivity contribution in [1.29, 1.82) is 0 Å². The van der Waals surface area contributed by atoms with E-state index < -0.39 is 11.7 Å². The molecule has 108 valence electrons. The van der Waals surface area contributed by atoms with Gasteiger partial charge < -0.3 is 9.73 Å². The van der Waals surface area contributed by atoms with E-state index in [1.54, 1.807) is 13.8 Å². The van der Waals surface area contributed by atoms with Gasteiger partial charge in [-0.1, -0.05) is 11.6 Å². The van der Waals surface area contributed by atoms with E-state index in [2.05, 4.69) is 10.3 Å². The Hall–Kier alpha value is -1.69. The highest BCUT2D eigenvalue weighted by Gasteiger charge is 2.33. The number of aromatic nitrogens is 1. The lowest BCUT2D eigenvalue weighted by atomic mass is 10.2. The molecule has 0 saturated heterocycles. The normalized spacial score (nSPS) is 11.7. The van der Waals surface area contributed by atoms with E-state index >= 15 is 0 Å². The zero-order valence-electron chi connectivity index (χ0n) is 10.8. The van der Waals surface area contributed by atoms with Crippen molar-refractivity contribution in [3.63, 3.8) is 0 Å². The van der Waals surface area contributed by atoms with E-state index in [0.29, 0.717) is 17.3 Å². The Kier molecular flexibility index (Phi) is 3.94. The van der Waals surface area contributed by atoms with E-state index in [4.69, 9.17) is 16.0 Å². The third-order valence-corrected chi connectivity index (χ3v) is 3.12. The molecule has 7 heteroatoms. The number of nitrogens with zero attached hydrogens (tertiary/aromatic N) is 1. The maximum Gasteiger partial charge on any atom is 0.417 e. The van der Waals surface area contributed by atoms with Crippen LogP contribution in [-0.2, 0) is 12.7 Å². The Balaban J connectivity index is 2.14. The topological polar surface area (TPSA) is 38.1 Å². The van der Waals surface area contributed by atoms with Crippen molar-refractivity contribution in [3.8, 4) is 0 Å². The van der Waals surface area contributed by atoms with Crippen LogP contribution in [0, 0.1) is 13.8 Å². The standard InChI is InChI=1S/C13H12ClF3N2O/c1-7-8(2)20-12(19-7)6-18-9-3-4-11(14)10(5-9)13(15,16)17/h3-5,18H,6H2,1-2H3. The maximum absolute atomic E-state index is 12.7. The minimum atomic E-state index is -4.48. The van der Waals surface area contributed by atoms with Gasteiger partial charge in [-0.05, 0) is 32.0 Å². The molecule has 0 amide bonds. The van der Waals surface area contributed by atoms with Crippen LogP contribution in [0.25, 0.3) is 0 Å². The molecule has 0 aliphatic rings. The number of benzene rings is 1. The van der Waals surface area contributed by atoms with Gasteiger partial charge in [-0.25, -0.2) is 4.98 Å². The number of aryl methyl sites for hydroxylation is 2. The van der Waals surface area contributed by atoms with E-state index in [-0.39, 0.29) is 11.6 Å². The van der Waals surface area contributed by atoms with Crippen LogP contribution < -0.4 is 5.32 Å². The Labute approximate surface area is 118 Å². The summed E-state index contributed by atoms with van der Waals surface area (Å²) in [6, 6.07) is 3.64. The molecule has 0 bridgehead atoms. The number of anilines is 1. The Bertz CT molecular complexity index is 603. The molecule has 0 aliphatic heterocycles. The average molecular weight is 305 g/mol. The maximum atomic E-state index is 12.7. The van der Waals surface area contributed by atoms with Crippen LogP contribution >= 0.6 is 11.6 Å². The molecule has 0 atom stereocenters. The van der Waals surface area contributed by atoms with Crippen molar-refractivity contribution in [2.75, 3.05) is 5.32 Å². The second kappa shape index (κ2) is 5.36. The highest BCUT2D eigenvalue weighted by molar-refractivity contribution is 6.31. The van der Waals surface area contributed by atoms with Crippen molar-refractivity contribution in [2.24, 2.45) is 0 Å². The predicted molar refractivity (Wildman–Crippen MR) is 69.8 cm³/mol. The van der Waals surface area contributed by atoms with Crippen molar-refractivity contribution in [2.45, 2.75) is 26.6 Å².